The summed E-state index contributed by atoms with van der Waals surface area (Å²) in [7, 11) is 1.48. The van der Waals surface area contributed by atoms with Gasteiger partial charge >= 0.3 is 0 Å². The number of ether oxygens (including phenoxy) is 1. The second-order valence-corrected chi connectivity index (χ2v) is 4.43. The van der Waals surface area contributed by atoms with E-state index in [1.807, 2.05) is 0 Å². The van der Waals surface area contributed by atoms with Gasteiger partial charge in [0.25, 0.3) is 5.91 Å². The molecular weight excluding hydrogens is 260 g/mol. The fraction of sp³-hybridized carbons (Fsp3) is 0.429. The molecule has 0 saturated heterocycles. The Balaban J connectivity index is 2.46. The molecule has 0 aliphatic carbocycles. The zero-order chi connectivity index (χ0) is 15.0. The Morgan fingerprint density at radius 2 is 1.90 bits per heavy atom. The van der Waals surface area contributed by atoms with Crippen LogP contribution < -0.4 is 10.6 Å². The van der Waals surface area contributed by atoms with Gasteiger partial charge < -0.3 is 20.5 Å². The van der Waals surface area contributed by atoms with Gasteiger partial charge in [0, 0.05) is 32.7 Å². The van der Waals surface area contributed by atoms with Crippen molar-refractivity contribution in [3.05, 3.63) is 35.4 Å². The average molecular weight is 280 g/mol. The lowest BCUT2D eigenvalue weighted by Gasteiger charge is -2.11. The summed E-state index contributed by atoms with van der Waals surface area (Å²) in [5.41, 5.74) is 1.41. The molecular formula is C14H20N2O4. The molecule has 0 saturated carbocycles. The van der Waals surface area contributed by atoms with E-state index < -0.39 is 6.10 Å². The molecule has 1 aromatic rings. The molecule has 20 heavy (non-hydrogen) atoms. The zero-order valence-electron chi connectivity index (χ0n) is 11.7. The van der Waals surface area contributed by atoms with E-state index in [9.17, 15) is 14.7 Å². The monoisotopic (exact) mass is 280 g/mol. The summed E-state index contributed by atoms with van der Waals surface area (Å²) in [6.07, 6.45) is -0.719. The first kappa shape index (κ1) is 16.1. The van der Waals surface area contributed by atoms with E-state index in [1.54, 1.807) is 24.3 Å². The minimum absolute atomic E-state index is 0.0982. The van der Waals surface area contributed by atoms with Gasteiger partial charge in [0.1, 0.15) is 0 Å². The van der Waals surface area contributed by atoms with Crippen LogP contribution in [0, 0.1) is 0 Å². The first-order valence-electron chi connectivity index (χ1n) is 6.31. The van der Waals surface area contributed by atoms with E-state index in [4.69, 9.17) is 4.74 Å². The number of carbonyl (C=O) groups is 2. The van der Waals surface area contributed by atoms with E-state index in [2.05, 4.69) is 10.6 Å². The van der Waals surface area contributed by atoms with E-state index in [-0.39, 0.29) is 25.0 Å². The summed E-state index contributed by atoms with van der Waals surface area (Å²) in [5.74, 6) is -0.356. The molecule has 110 valence electrons. The fourth-order valence-corrected chi connectivity index (χ4v) is 1.56. The average Bonchev–Trinajstić information content (AvgIpc) is 2.43. The lowest BCUT2D eigenvalue weighted by Crippen LogP contribution is -2.34. The van der Waals surface area contributed by atoms with E-state index in [1.165, 1.54) is 14.0 Å². The van der Waals surface area contributed by atoms with Gasteiger partial charge in [0.05, 0.1) is 12.7 Å². The maximum Gasteiger partial charge on any atom is 0.251 e. The largest absolute Gasteiger partial charge is 0.389 e. The van der Waals surface area contributed by atoms with Gasteiger partial charge in [-0.25, -0.2) is 0 Å². The number of benzene rings is 1. The summed E-state index contributed by atoms with van der Waals surface area (Å²) in [4.78, 5) is 22.6. The van der Waals surface area contributed by atoms with Gasteiger partial charge in [0.15, 0.2) is 0 Å². The number of carbonyl (C=O) groups excluding carboxylic acids is 2. The summed E-state index contributed by atoms with van der Waals surface area (Å²) in [6.45, 7) is 2.20. The second-order valence-electron chi connectivity index (χ2n) is 4.43. The van der Waals surface area contributed by atoms with Crippen LogP contribution in [0.25, 0.3) is 0 Å². The molecule has 3 N–H and O–H groups in total. The molecule has 0 heterocycles. The zero-order valence-corrected chi connectivity index (χ0v) is 11.7. The maximum absolute atomic E-state index is 11.8. The quantitative estimate of drug-likeness (QED) is 0.659. The van der Waals surface area contributed by atoms with Crippen LogP contribution in [0.3, 0.4) is 0 Å². The molecule has 1 unspecified atom stereocenters. The number of aliphatic hydroxyl groups is 1. The van der Waals surface area contributed by atoms with Crippen LogP contribution in [0.4, 0.5) is 0 Å². The summed E-state index contributed by atoms with van der Waals surface area (Å²) >= 11 is 0. The molecule has 1 rings (SSSR count). The molecule has 0 aliphatic heterocycles. The number of nitrogens with one attached hydrogen (secondary N) is 2. The van der Waals surface area contributed by atoms with Crippen LogP contribution in [-0.4, -0.2) is 43.3 Å². The normalized spacial score (nSPS) is 11.8. The van der Waals surface area contributed by atoms with E-state index >= 15 is 0 Å². The summed E-state index contributed by atoms with van der Waals surface area (Å²) in [6, 6.07) is 6.90. The van der Waals surface area contributed by atoms with Gasteiger partial charge in [-0.1, -0.05) is 12.1 Å². The lowest BCUT2D eigenvalue weighted by molar-refractivity contribution is -0.119. The van der Waals surface area contributed by atoms with Crippen LogP contribution in [-0.2, 0) is 16.1 Å². The number of aliphatic hydroxyl groups excluding tert-OH is 1. The molecule has 0 bridgehead atoms. The Morgan fingerprint density at radius 1 is 1.25 bits per heavy atom. The van der Waals surface area contributed by atoms with Crippen molar-refractivity contribution >= 4 is 11.8 Å². The second kappa shape index (κ2) is 8.29. The predicted molar refractivity (Wildman–Crippen MR) is 74.2 cm³/mol. The number of hydrogen-bond acceptors (Lipinski definition) is 4. The Labute approximate surface area is 118 Å². The van der Waals surface area contributed by atoms with E-state index in [0.29, 0.717) is 12.1 Å². The van der Waals surface area contributed by atoms with Crippen LogP contribution in [0.5, 0.6) is 0 Å². The molecule has 2 amide bonds. The van der Waals surface area contributed by atoms with Gasteiger partial charge in [-0.3, -0.25) is 9.59 Å². The van der Waals surface area contributed by atoms with E-state index in [0.717, 1.165) is 5.56 Å². The Morgan fingerprint density at radius 3 is 2.45 bits per heavy atom. The van der Waals surface area contributed by atoms with Crippen LogP contribution in [0.15, 0.2) is 24.3 Å². The van der Waals surface area contributed by atoms with Crippen molar-refractivity contribution in [2.45, 2.75) is 19.6 Å². The highest BCUT2D eigenvalue weighted by Crippen LogP contribution is 2.04. The van der Waals surface area contributed by atoms with Crippen LogP contribution in [0.2, 0.25) is 0 Å². The third-order valence-electron chi connectivity index (χ3n) is 2.61. The minimum atomic E-state index is -0.719. The third kappa shape index (κ3) is 5.81. The van der Waals surface area contributed by atoms with Crippen molar-refractivity contribution in [1.29, 1.82) is 0 Å². The number of amides is 2. The molecule has 6 nitrogen and oxygen atoms in total. The van der Waals surface area contributed by atoms with Crippen molar-refractivity contribution in [3.63, 3.8) is 0 Å². The lowest BCUT2D eigenvalue weighted by atomic mass is 10.1. The van der Waals surface area contributed by atoms with Gasteiger partial charge in [-0.2, -0.15) is 0 Å². The summed E-state index contributed by atoms with van der Waals surface area (Å²) < 4.78 is 4.77. The molecule has 6 heteroatoms. The highest BCUT2D eigenvalue weighted by molar-refractivity contribution is 5.94. The van der Waals surface area contributed by atoms with Crippen LogP contribution in [0.1, 0.15) is 22.8 Å². The van der Waals surface area contributed by atoms with Gasteiger partial charge in [0.2, 0.25) is 5.91 Å². The van der Waals surface area contributed by atoms with Crippen LogP contribution >= 0.6 is 0 Å². The van der Waals surface area contributed by atoms with Crippen molar-refractivity contribution < 1.29 is 19.4 Å². The third-order valence-corrected chi connectivity index (χ3v) is 2.61. The smallest absolute Gasteiger partial charge is 0.251 e. The molecule has 0 spiro atoms. The van der Waals surface area contributed by atoms with Crippen molar-refractivity contribution in [2.24, 2.45) is 0 Å². The number of rotatable bonds is 7. The van der Waals surface area contributed by atoms with Crippen molar-refractivity contribution in [1.82, 2.24) is 10.6 Å². The number of methoxy groups -OCH3 is 1. The Bertz CT molecular complexity index is 445. The molecule has 0 radical (unpaired) electrons. The van der Waals surface area contributed by atoms with Gasteiger partial charge in [-0.05, 0) is 17.7 Å². The molecule has 0 aliphatic rings. The molecule has 1 atom stereocenters. The SMILES string of the molecule is COCC(O)CNC(=O)c1ccc(CNC(C)=O)cc1. The topological polar surface area (TPSA) is 87.7 Å². The maximum atomic E-state index is 11.8. The van der Waals surface area contributed by atoms with Crippen molar-refractivity contribution in [2.75, 3.05) is 20.3 Å². The summed E-state index contributed by atoms with van der Waals surface area (Å²) in [5, 5.41) is 14.7. The number of hydrogen-bond donors (Lipinski definition) is 3. The van der Waals surface area contributed by atoms with Gasteiger partial charge in [-0.15, -0.1) is 0 Å². The standard InChI is InChI=1S/C14H20N2O4/c1-10(17)15-7-11-3-5-12(6-4-11)14(19)16-8-13(18)9-20-2/h3-6,13,18H,7-9H2,1-2H3,(H,15,17)(H,16,19). The highest BCUT2D eigenvalue weighted by Gasteiger charge is 2.08. The van der Waals surface area contributed by atoms with Crippen molar-refractivity contribution in [3.8, 4) is 0 Å². The minimum Gasteiger partial charge on any atom is -0.389 e. The molecule has 0 aromatic heterocycles. The highest BCUT2D eigenvalue weighted by atomic mass is 16.5. The first-order valence-corrected chi connectivity index (χ1v) is 6.31. The predicted octanol–water partition coefficient (Wildman–Crippen LogP) is 0.0598. The Kier molecular flexibility index (Phi) is 6.69. The first-order chi connectivity index (χ1) is 9.52. The Hall–Kier alpha value is -1.92. The fourth-order valence-electron chi connectivity index (χ4n) is 1.56. The molecule has 0 fully saturated rings. The molecule has 1 aromatic carbocycles.